The molecule has 0 unspecified atom stereocenters. The van der Waals surface area contributed by atoms with Crippen LogP contribution in [0.2, 0.25) is 0 Å². The van der Waals surface area contributed by atoms with E-state index in [4.69, 9.17) is 4.74 Å². The van der Waals surface area contributed by atoms with Gasteiger partial charge in [-0.1, -0.05) is 35.1 Å². The molecule has 17 heavy (non-hydrogen) atoms. The highest BCUT2D eigenvalue weighted by Crippen LogP contribution is 2.03. The Morgan fingerprint density at radius 1 is 0.941 bits per heavy atom. The van der Waals surface area contributed by atoms with Gasteiger partial charge in [-0.2, -0.15) is 0 Å². The van der Waals surface area contributed by atoms with Gasteiger partial charge in [0.2, 0.25) is 0 Å². The molecule has 0 heterocycles. The summed E-state index contributed by atoms with van der Waals surface area (Å²) < 4.78 is 5.61. The van der Waals surface area contributed by atoms with Crippen LogP contribution in [0.4, 0.5) is 0 Å². The van der Waals surface area contributed by atoms with E-state index < -0.39 is 0 Å². The maximum absolute atomic E-state index is 5.61. The van der Waals surface area contributed by atoms with Gasteiger partial charge < -0.3 is 9.64 Å². The third-order valence-corrected chi connectivity index (χ3v) is 2.58. The van der Waals surface area contributed by atoms with Crippen molar-refractivity contribution in [3.63, 3.8) is 0 Å². The van der Waals surface area contributed by atoms with Crippen LogP contribution in [0.5, 0.6) is 0 Å². The zero-order chi connectivity index (χ0) is 12.4. The first kappa shape index (κ1) is 19.3. The first-order valence-corrected chi connectivity index (χ1v) is 6.78. The molecular formula is C15H35NO. The molecule has 0 saturated carbocycles. The van der Waals surface area contributed by atoms with Gasteiger partial charge in [0, 0.05) is 26.3 Å². The predicted octanol–water partition coefficient (Wildman–Crippen LogP) is 4.05. The molecule has 0 spiro atoms. The van der Waals surface area contributed by atoms with Crippen LogP contribution < -0.4 is 0 Å². The molecule has 0 rings (SSSR count). The Morgan fingerprint density at radius 2 is 1.53 bits per heavy atom. The third kappa shape index (κ3) is 15.9. The molecular weight excluding hydrogens is 210 g/mol. The van der Waals surface area contributed by atoms with Gasteiger partial charge in [-0.3, -0.25) is 0 Å². The summed E-state index contributed by atoms with van der Waals surface area (Å²) in [5.74, 6) is 1.57. The topological polar surface area (TPSA) is 12.5 Å². The molecule has 0 radical (unpaired) electrons. The van der Waals surface area contributed by atoms with Crippen molar-refractivity contribution in [2.45, 2.75) is 54.4 Å². The van der Waals surface area contributed by atoms with Crippen molar-refractivity contribution < 1.29 is 4.74 Å². The monoisotopic (exact) mass is 245 g/mol. The normalized spacial score (nSPS) is 11.3. The van der Waals surface area contributed by atoms with E-state index in [1.165, 1.54) is 19.4 Å². The van der Waals surface area contributed by atoms with Crippen molar-refractivity contribution in [3.8, 4) is 0 Å². The molecule has 0 aromatic carbocycles. The largest absolute Gasteiger partial charge is 0.381 e. The average molecular weight is 245 g/mol. The van der Waals surface area contributed by atoms with Crippen LogP contribution in [-0.2, 0) is 4.74 Å². The smallest absolute Gasteiger partial charge is 0.0478 e. The Hall–Kier alpha value is -0.0800. The van der Waals surface area contributed by atoms with Crippen LogP contribution in [0.1, 0.15) is 54.4 Å². The minimum atomic E-state index is 0. The summed E-state index contributed by atoms with van der Waals surface area (Å²) in [6, 6.07) is 0. The fourth-order valence-corrected chi connectivity index (χ4v) is 1.85. The van der Waals surface area contributed by atoms with Crippen molar-refractivity contribution >= 4 is 0 Å². The lowest BCUT2D eigenvalue weighted by Crippen LogP contribution is -2.25. The van der Waals surface area contributed by atoms with E-state index in [1.54, 1.807) is 0 Å². The van der Waals surface area contributed by atoms with Gasteiger partial charge in [-0.25, -0.2) is 0 Å². The van der Waals surface area contributed by atoms with Crippen molar-refractivity contribution in [2.75, 3.05) is 33.4 Å². The first-order valence-electron chi connectivity index (χ1n) is 6.78. The van der Waals surface area contributed by atoms with Crippen molar-refractivity contribution in [3.05, 3.63) is 0 Å². The van der Waals surface area contributed by atoms with E-state index in [2.05, 4.69) is 39.6 Å². The van der Waals surface area contributed by atoms with Crippen molar-refractivity contribution in [2.24, 2.45) is 11.8 Å². The molecule has 0 aliphatic heterocycles. The second-order valence-electron chi connectivity index (χ2n) is 5.66. The Labute approximate surface area is 110 Å². The Balaban J connectivity index is 0. The van der Waals surface area contributed by atoms with Gasteiger partial charge in [0.15, 0.2) is 0 Å². The predicted molar refractivity (Wildman–Crippen MR) is 78.6 cm³/mol. The molecule has 0 saturated heterocycles. The van der Waals surface area contributed by atoms with Crippen LogP contribution in [-0.4, -0.2) is 38.3 Å². The highest BCUT2D eigenvalue weighted by molar-refractivity contribution is 4.54. The minimum absolute atomic E-state index is 0. The molecule has 0 aromatic rings. The Morgan fingerprint density at radius 3 is 2.06 bits per heavy atom. The second-order valence-corrected chi connectivity index (χ2v) is 5.66. The summed E-state index contributed by atoms with van der Waals surface area (Å²) in [5, 5.41) is 0. The quantitative estimate of drug-likeness (QED) is 0.538. The molecule has 2 heteroatoms. The fraction of sp³-hybridized carbons (Fsp3) is 1.00. The summed E-state index contributed by atoms with van der Waals surface area (Å²) in [4.78, 5) is 2.39. The van der Waals surface area contributed by atoms with E-state index in [0.717, 1.165) is 38.0 Å². The van der Waals surface area contributed by atoms with Gasteiger partial charge in [0.1, 0.15) is 0 Å². The zero-order valence-electron chi connectivity index (χ0n) is 12.0. The van der Waals surface area contributed by atoms with E-state index in [-0.39, 0.29) is 7.43 Å². The van der Waals surface area contributed by atoms with E-state index in [0.29, 0.717) is 0 Å². The highest BCUT2D eigenvalue weighted by atomic mass is 16.5. The maximum Gasteiger partial charge on any atom is 0.0478 e. The third-order valence-electron chi connectivity index (χ3n) is 2.58. The molecule has 0 bridgehead atoms. The molecule has 0 N–H and O–H groups in total. The SMILES string of the molecule is C.CC(C)CCCOCCCN(C)CC(C)C. The molecule has 2 nitrogen and oxygen atoms in total. The molecule has 0 aliphatic carbocycles. The molecule has 0 aliphatic rings. The second kappa shape index (κ2) is 12.4. The zero-order valence-corrected chi connectivity index (χ0v) is 12.0. The summed E-state index contributed by atoms with van der Waals surface area (Å²) in [5.41, 5.74) is 0. The van der Waals surface area contributed by atoms with Crippen molar-refractivity contribution in [1.29, 1.82) is 0 Å². The number of rotatable bonds is 10. The van der Waals surface area contributed by atoms with Gasteiger partial charge in [-0.15, -0.1) is 0 Å². The van der Waals surface area contributed by atoms with Gasteiger partial charge in [-0.05, 0) is 38.1 Å². The standard InChI is InChI=1S/C14H31NO.CH4/c1-13(2)8-6-10-16-11-7-9-15(5)12-14(3)4;/h13-14H,6-12H2,1-5H3;1H4. The van der Waals surface area contributed by atoms with Gasteiger partial charge >= 0.3 is 0 Å². The Kier molecular flexibility index (Phi) is 14.0. The lowest BCUT2D eigenvalue weighted by Gasteiger charge is -2.18. The molecule has 0 amide bonds. The van der Waals surface area contributed by atoms with E-state index in [1.807, 2.05) is 0 Å². The summed E-state index contributed by atoms with van der Waals surface area (Å²) in [6.07, 6.45) is 3.65. The van der Waals surface area contributed by atoms with Crippen LogP contribution in [0.15, 0.2) is 0 Å². The number of hydrogen-bond acceptors (Lipinski definition) is 2. The van der Waals surface area contributed by atoms with Gasteiger partial charge in [0.25, 0.3) is 0 Å². The highest BCUT2D eigenvalue weighted by Gasteiger charge is 2.01. The van der Waals surface area contributed by atoms with E-state index >= 15 is 0 Å². The average Bonchev–Trinajstić information content (AvgIpc) is 2.14. The molecule has 0 fully saturated rings. The molecule has 0 aromatic heterocycles. The van der Waals surface area contributed by atoms with E-state index in [9.17, 15) is 0 Å². The lowest BCUT2D eigenvalue weighted by atomic mass is 10.1. The Bertz CT molecular complexity index is 146. The molecule has 106 valence electrons. The molecule has 0 atom stereocenters. The van der Waals surface area contributed by atoms with Crippen molar-refractivity contribution in [1.82, 2.24) is 4.90 Å². The maximum atomic E-state index is 5.61. The number of hydrogen-bond donors (Lipinski definition) is 0. The summed E-state index contributed by atoms with van der Waals surface area (Å²) in [7, 11) is 2.19. The van der Waals surface area contributed by atoms with Crippen LogP contribution >= 0.6 is 0 Å². The summed E-state index contributed by atoms with van der Waals surface area (Å²) >= 11 is 0. The minimum Gasteiger partial charge on any atom is -0.381 e. The first-order chi connectivity index (χ1) is 7.52. The fourth-order valence-electron chi connectivity index (χ4n) is 1.85. The van der Waals surface area contributed by atoms with Crippen LogP contribution in [0.3, 0.4) is 0 Å². The number of ether oxygens (including phenoxy) is 1. The summed E-state index contributed by atoms with van der Waals surface area (Å²) in [6.45, 7) is 13.3. The number of nitrogens with zero attached hydrogens (tertiary/aromatic N) is 1. The lowest BCUT2D eigenvalue weighted by molar-refractivity contribution is 0.117. The van der Waals surface area contributed by atoms with Gasteiger partial charge in [0.05, 0.1) is 0 Å². The van der Waals surface area contributed by atoms with Crippen LogP contribution in [0, 0.1) is 11.8 Å². The van der Waals surface area contributed by atoms with Crippen LogP contribution in [0.25, 0.3) is 0 Å².